The van der Waals surface area contributed by atoms with Crippen molar-refractivity contribution in [2.75, 3.05) is 0 Å². The first-order valence-corrected chi connectivity index (χ1v) is 7.49. The van der Waals surface area contributed by atoms with Crippen LogP contribution in [0.4, 0.5) is 0 Å². The van der Waals surface area contributed by atoms with E-state index in [0.29, 0.717) is 0 Å². The molecule has 4 rings (SSSR count). The minimum Gasteiger partial charge on any atom is -0.277 e. The van der Waals surface area contributed by atoms with Crippen LogP contribution in [0.1, 0.15) is 23.3 Å². The molecule has 1 aromatic carbocycles. The van der Waals surface area contributed by atoms with Gasteiger partial charge in [0, 0.05) is 10.3 Å². The Balaban J connectivity index is 2.19. The Bertz CT molecular complexity index is 850. The Kier molecular flexibility index (Phi) is 2.42. The number of benzene rings is 1. The maximum Gasteiger partial charge on any atom is 0.242 e. The molecule has 0 N–H and O–H groups in total. The van der Waals surface area contributed by atoms with Gasteiger partial charge < -0.3 is 0 Å². The topological polar surface area (TPSA) is 30.0 Å². The Hall–Kier alpha value is -1.74. The normalized spacial score (nSPS) is 14.7. The van der Waals surface area contributed by atoms with E-state index < -0.39 is 0 Å². The summed E-state index contributed by atoms with van der Waals surface area (Å²) in [5.41, 5.74) is 3.24. The number of para-hydroxylation sites is 1. The summed E-state index contributed by atoms with van der Waals surface area (Å²) in [6.45, 7) is 0. The van der Waals surface area contributed by atoms with Gasteiger partial charge in [0.05, 0.1) is 16.4 Å². The van der Waals surface area contributed by atoms with E-state index in [1.165, 1.54) is 34.6 Å². The molecule has 0 atom stereocenters. The van der Waals surface area contributed by atoms with Crippen LogP contribution in [0.25, 0.3) is 21.8 Å². The zero-order valence-electron chi connectivity index (χ0n) is 10.5. The van der Waals surface area contributed by atoms with E-state index in [4.69, 9.17) is 4.98 Å². The van der Waals surface area contributed by atoms with E-state index in [1.54, 1.807) is 0 Å². The minimum atomic E-state index is 0.161. The lowest BCUT2D eigenvalue weighted by atomic mass is 9.97. The fourth-order valence-corrected chi connectivity index (χ4v) is 3.97. The van der Waals surface area contributed by atoms with Crippen LogP contribution in [0.3, 0.4) is 0 Å². The van der Waals surface area contributed by atoms with E-state index in [9.17, 15) is 4.79 Å². The van der Waals surface area contributed by atoms with Gasteiger partial charge in [0.1, 0.15) is 0 Å². The molecule has 0 saturated heterocycles. The van der Waals surface area contributed by atoms with Crippen LogP contribution in [0.15, 0.2) is 35.1 Å². The molecule has 2 heterocycles. The van der Waals surface area contributed by atoms with Crippen molar-refractivity contribution in [2.24, 2.45) is 0 Å². The lowest BCUT2D eigenvalue weighted by molar-refractivity contribution is 0.698. The summed E-state index contributed by atoms with van der Waals surface area (Å²) in [7, 11) is 0. The molecule has 2 nitrogen and oxygen atoms in total. The van der Waals surface area contributed by atoms with Gasteiger partial charge in [0.25, 0.3) is 0 Å². The van der Waals surface area contributed by atoms with Crippen molar-refractivity contribution < 1.29 is 0 Å². The van der Waals surface area contributed by atoms with Crippen LogP contribution >= 0.6 is 11.3 Å². The van der Waals surface area contributed by atoms with E-state index in [2.05, 4.69) is 0 Å². The second-order valence-electron chi connectivity index (χ2n) is 5.08. The molecule has 0 spiro atoms. The van der Waals surface area contributed by atoms with Gasteiger partial charge >= 0.3 is 0 Å². The quantitative estimate of drug-likeness (QED) is 0.581. The number of hydrogen-bond acceptors (Lipinski definition) is 3. The molecule has 1 aliphatic carbocycles. The molecule has 0 aliphatic heterocycles. The molecule has 0 saturated carbocycles. The summed E-state index contributed by atoms with van der Waals surface area (Å²) < 4.78 is 0.161. The van der Waals surface area contributed by atoms with Gasteiger partial charge in [-0.1, -0.05) is 29.5 Å². The van der Waals surface area contributed by atoms with Crippen LogP contribution in [0.2, 0.25) is 0 Å². The summed E-state index contributed by atoms with van der Waals surface area (Å²) >= 11 is 1.42. The van der Waals surface area contributed by atoms with E-state index in [0.717, 1.165) is 34.6 Å². The smallest absolute Gasteiger partial charge is 0.242 e. The van der Waals surface area contributed by atoms with E-state index in [1.807, 2.05) is 30.3 Å². The van der Waals surface area contributed by atoms with Crippen LogP contribution in [-0.4, -0.2) is 4.98 Å². The van der Waals surface area contributed by atoms with E-state index >= 15 is 0 Å². The standard InChI is InChI=1S/C16H13NOS/c18-16-12-9-10-5-1-3-7-13(10)17-15(12)11-6-2-4-8-14(11)19-16/h1,3,5,7,9H,2,4,6,8H2. The van der Waals surface area contributed by atoms with Gasteiger partial charge in [-0.2, -0.15) is 0 Å². The number of aryl methyl sites for hydroxylation is 2. The van der Waals surface area contributed by atoms with Gasteiger partial charge in [-0.3, -0.25) is 4.79 Å². The average Bonchev–Trinajstić information content (AvgIpc) is 2.46. The van der Waals surface area contributed by atoms with Crippen LogP contribution in [0, 0.1) is 0 Å². The van der Waals surface area contributed by atoms with Crippen LogP contribution in [0.5, 0.6) is 0 Å². The molecule has 3 aromatic rings. The van der Waals surface area contributed by atoms with E-state index in [-0.39, 0.29) is 4.74 Å². The zero-order valence-corrected chi connectivity index (χ0v) is 11.3. The molecule has 0 unspecified atom stereocenters. The summed E-state index contributed by atoms with van der Waals surface area (Å²) in [5, 5.41) is 1.85. The van der Waals surface area contributed by atoms with Crippen molar-refractivity contribution in [1.82, 2.24) is 4.98 Å². The van der Waals surface area contributed by atoms with Crippen molar-refractivity contribution in [2.45, 2.75) is 25.7 Å². The molecule has 2 aromatic heterocycles. The second kappa shape index (κ2) is 4.14. The Morgan fingerprint density at radius 3 is 2.89 bits per heavy atom. The highest BCUT2D eigenvalue weighted by Crippen LogP contribution is 2.29. The second-order valence-corrected chi connectivity index (χ2v) is 6.14. The minimum absolute atomic E-state index is 0.161. The van der Waals surface area contributed by atoms with Crippen LogP contribution < -0.4 is 4.74 Å². The Morgan fingerprint density at radius 2 is 1.95 bits per heavy atom. The average molecular weight is 267 g/mol. The van der Waals surface area contributed by atoms with Crippen molar-refractivity contribution in [3.05, 3.63) is 50.3 Å². The third-order valence-corrected chi connectivity index (χ3v) is 4.97. The fourth-order valence-electron chi connectivity index (χ4n) is 2.91. The predicted octanol–water partition coefficient (Wildman–Crippen LogP) is 3.69. The summed E-state index contributed by atoms with van der Waals surface area (Å²) in [6.07, 6.45) is 4.51. The Morgan fingerprint density at radius 1 is 1.11 bits per heavy atom. The van der Waals surface area contributed by atoms with Gasteiger partial charge in [-0.25, -0.2) is 4.98 Å². The summed E-state index contributed by atoms with van der Waals surface area (Å²) in [5.74, 6) is 0. The molecular weight excluding hydrogens is 254 g/mol. The van der Waals surface area contributed by atoms with Crippen molar-refractivity contribution in [3.63, 3.8) is 0 Å². The number of aromatic nitrogens is 1. The molecule has 0 radical (unpaired) electrons. The fraction of sp³-hybridized carbons (Fsp3) is 0.250. The highest BCUT2D eigenvalue weighted by atomic mass is 32.1. The number of pyridine rings is 1. The maximum atomic E-state index is 12.3. The number of fused-ring (bicyclic) bond motifs is 4. The number of nitrogens with zero attached hydrogens (tertiary/aromatic N) is 1. The number of rotatable bonds is 0. The SMILES string of the molecule is O=c1sc2c(c3nc4ccccc4cc13)CCCC2. The molecule has 19 heavy (non-hydrogen) atoms. The zero-order chi connectivity index (χ0) is 12.8. The molecule has 0 amide bonds. The Labute approximate surface area is 114 Å². The molecular formula is C16H13NOS. The van der Waals surface area contributed by atoms with Crippen molar-refractivity contribution >= 4 is 33.1 Å². The van der Waals surface area contributed by atoms with Gasteiger partial charge in [0.2, 0.25) is 4.74 Å². The summed E-state index contributed by atoms with van der Waals surface area (Å²) in [6, 6.07) is 10.0. The molecule has 1 aliphatic rings. The maximum absolute atomic E-state index is 12.3. The van der Waals surface area contributed by atoms with Gasteiger partial charge in [-0.05, 0) is 43.4 Å². The van der Waals surface area contributed by atoms with Crippen molar-refractivity contribution in [1.29, 1.82) is 0 Å². The third kappa shape index (κ3) is 1.69. The first-order valence-electron chi connectivity index (χ1n) is 6.67. The summed E-state index contributed by atoms with van der Waals surface area (Å²) in [4.78, 5) is 18.3. The molecule has 0 bridgehead atoms. The highest BCUT2D eigenvalue weighted by Gasteiger charge is 2.17. The number of hydrogen-bond donors (Lipinski definition) is 0. The molecule has 3 heteroatoms. The lowest BCUT2D eigenvalue weighted by Crippen LogP contribution is -2.08. The monoisotopic (exact) mass is 267 g/mol. The predicted molar refractivity (Wildman–Crippen MR) is 80.0 cm³/mol. The largest absolute Gasteiger partial charge is 0.277 e. The van der Waals surface area contributed by atoms with Gasteiger partial charge in [-0.15, -0.1) is 0 Å². The molecule has 94 valence electrons. The first kappa shape index (κ1) is 11.1. The van der Waals surface area contributed by atoms with Crippen molar-refractivity contribution in [3.8, 4) is 0 Å². The highest BCUT2D eigenvalue weighted by molar-refractivity contribution is 7.10. The van der Waals surface area contributed by atoms with Gasteiger partial charge in [0.15, 0.2) is 0 Å². The first-order chi connectivity index (χ1) is 9.33. The third-order valence-electron chi connectivity index (χ3n) is 3.86. The lowest BCUT2D eigenvalue weighted by Gasteiger charge is -2.16. The van der Waals surface area contributed by atoms with Crippen LogP contribution in [-0.2, 0) is 12.8 Å². The molecule has 0 fully saturated rings.